The quantitative estimate of drug-likeness (QED) is 0.656. The third-order valence-electron chi connectivity index (χ3n) is 4.77. The Morgan fingerprint density at radius 2 is 1.00 bits per heavy atom. The van der Waals surface area contributed by atoms with Crippen molar-refractivity contribution < 1.29 is 5.11 Å². The Labute approximate surface area is 147 Å². The molecule has 3 aromatic rings. The van der Waals surface area contributed by atoms with Crippen molar-refractivity contribution in [2.45, 2.75) is 12.2 Å². The van der Waals surface area contributed by atoms with E-state index < -0.39 is 13.3 Å². The van der Waals surface area contributed by atoms with Gasteiger partial charge in [-0.25, -0.2) is 0 Å². The second-order valence-electron chi connectivity index (χ2n) is 6.50. The van der Waals surface area contributed by atoms with Gasteiger partial charge in [0.05, 0.1) is 0 Å². The molecule has 0 fully saturated rings. The van der Waals surface area contributed by atoms with E-state index in [1.54, 1.807) is 0 Å². The Morgan fingerprint density at radius 1 is 0.667 bits per heavy atom. The zero-order valence-corrected chi connectivity index (χ0v) is 16.2. The minimum absolute atomic E-state index is 0.236. The maximum absolute atomic E-state index is 9.77. The van der Waals surface area contributed by atoms with Gasteiger partial charge in [0.2, 0.25) is 0 Å². The summed E-state index contributed by atoms with van der Waals surface area (Å²) in [5.74, 6) is 0.283. The Morgan fingerprint density at radius 3 is 1.29 bits per heavy atom. The molecular weight excluding hydrogens is 353 g/mol. The Kier molecular flexibility index (Phi) is 5.54. The average Bonchev–Trinajstić information content (AvgIpc) is 2.68. The van der Waals surface area contributed by atoms with Gasteiger partial charge in [-0.05, 0) is 0 Å². The fourth-order valence-electron chi connectivity index (χ4n) is 3.61. The second kappa shape index (κ2) is 7.82. The van der Waals surface area contributed by atoms with Crippen LogP contribution in [-0.2, 0) is 0 Å². The van der Waals surface area contributed by atoms with Crippen LogP contribution in [0.25, 0.3) is 0 Å². The number of benzene rings is 3. The summed E-state index contributed by atoms with van der Waals surface area (Å²) >= 11 is -2.84. The SMILES string of the molecule is CC(CO)[CH2][Ge]([c]1ccccc1)([c]1ccccc1)[c]1ccccc1. The van der Waals surface area contributed by atoms with Crippen molar-refractivity contribution >= 4 is 26.5 Å². The van der Waals surface area contributed by atoms with Gasteiger partial charge >= 0.3 is 147 Å². The maximum atomic E-state index is 9.77. The van der Waals surface area contributed by atoms with Crippen molar-refractivity contribution in [3.05, 3.63) is 91.0 Å². The molecule has 1 N–H and O–H groups in total. The minimum atomic E-state index is -2.84. The monoisotopic (exact) mass is 378 g/mol. The van der Waals surface area contributed by atoms with Crippen molar-refractivity contribution in [1.82, 2.24) is 0 Å². The summed E-state index contributed by atoms with van der Waals surface area (Å²) in [4.78, 5) is 0. The molecule has 0 spiro atoms. The third kappa shape index (κ3) is 3.33. The molecule has 0 aliphatic carbocycles. The summed E-state index contributed by atoms with van der Waals surface area (Å²) in [6.07, 6.45) is 0. The first-order valence-electron chi connectivity index (χ1n) is 8.55. The number of hydrogen-bond acceptors (Lipinski definition) is 1. The first kappa shape index (κ1) is 17.0. The zero-order chi connectivity index (χ0) is 16.8. The molecule has 0 aliphatic heterocycles. The topological polar surface area (TPSA) is 20.2 Å². The van der Waals surface area contributed by atoms with Gasteiger partial charge in [0.15, 0.2) is 0 Å². The van der Waals surface area contributed by atoms with Gasteiger partial charge in [0, 0.05) is 0 Å². The fourth-order valence-corrected chi connectivity index (χ4v) is 14.4. The molecule has 0 bridgehead atoms. The summed E-state index contributed by atoms with van der Waals surface area (Å²) < 4.78 is 4.36. The van der Waals surface area contributed by atoms with E-state index in [0.717, 1.165) is 5.25 Å². The van der Waals surface area contributed by atoms with Crippen LogP contribution in [0.2, 0.25) is 5.25 Å². The van der Waals surface area contributed by atoms with Gasteiger partial charge in [0.1, 0.15) is 0 Å². The summed E-state index contributed by atoms with van der Waals surface area (Å²) in [5.41, 5.74) is 0. The van der Waals surface area contributed by atoms with E-state index in [4.69, 9.17) is 0 Å². The number of hydrogen-bond donors (Lipinski definition) is 1. The number of aliphatic hydroxyl groups excluding tert-OH is 1. The van der Waals surface area contributed by atoms with Crippen LogP contribution in [0, 0.1) is 5.92 Å². The Hall–Kier alpha value is -1.84. The molecule has 0 aliphatic rings. The van der Waals surface area contributed by atoms with Crippen LogP contribution in [0.1, 0.15) is 6.92 Å². The van der Waals surface area contributed by atoms with E-state index in [0.29, 0.717) is 0 Å². The first-order chi connectivity index (χ1) is 11.8. The predicted molar refractivity (Wildman–Crippen MR) is 105 cm³/mol. The fraction of sp³-hybridized carbons (Fsp3) is 0.182. The van der Waals surface area contributed by atoms with Gasteiger partial charge in [-0.2, -0.15) is 0 Å². The van der Waals surface area contributed by atoms with Crippen LogP contribution in [0.4, 0.5) is 0 Å². The van der Waals surface area contributed by atoms with Crippen molar-refractivity contribution in [2.24, 2.45) is 5.92 Å². The summed E-state index contributed by atoms with van der Waals surface area (Å²) in [5, 5.41) is 10.8. The van der Waals surface area contributed by atoms with Crippen molar-refractivity contribution in [1.29, 1.82) is 0 Å². The van der Waals surface area contributed by atoms with Crippen molar-refractivity contribution in [3.8, 4) is 0 Å². The van der Waals surface area contributed by atoms with E-state index in [-0.39, 0.29) is 12.5 Å². The molecule has 3 aromatic carbocycles. The summed E-state index contributed by atoms with van der Waals surface area (Å²) in [7, 11) is 0. The number of aliphatic hydroxyl groups is 1. The molecule has 122 valence electrons. The molecule has 1 nitrogen and oxygen atoms in total. The second-order valence-corrected chi connectivity index (χ2v) is 14.8. The van der Waals surface area contributed by atoms with Gasteiger partial charge in [0.25, 0.3) is 0 Å². The van der Waals surface area contributed by atoms with E-state index in [1.807, 2.05) is 0 Å². The van der Waals surface area contributed by atoms with Crippen LogP contribution in [0.15, 0.2) is 91.0 Å². The van der Waals surface area contributed by atoms with Gasteiger partial charge in [-0.3, -0.25) is 0 Å². The third-order valence-corrected chi connectivity index (χ3v) is 15.8. The van der Waals surface area contributed by atoms with Crippen LogP contribution >= 0.6 is 0 Å². The zero-order valence-electron chi connectivity index (χ0n) is 14.1. The molecular formula is C22H24GeO. The molecule has 0 amide bonds. The average molecular weight is 377 g/mol. The molecule has 2 heteroatoms. The Balaban J connectivity index is 2.28. The van der Waals surface area contributed by atoms with E-state index >= 15 is 0 Å². The predicted octanol–water partition coefficient (Wildman–Crippen LogP) is 2.79. The molecule has 0 radical (unpaired) electrons. The Bertz CT molecular complexity index is 644. The van der Waals surface area contributed by atoms with E-state index in [1.165, 1.54) is 13.2 Å². The molecule has 0 aromatic heterocycles. The van der Waals surface area contributed by atoms with Gasteiger partial charge in [-0.1, -0.05) is 0 Å². The molecule has 0 saturated carbocycles. The van der Waals surface area contributed by atoms with Gasteiger partial charge < -0.3 is 0 Å². The number of rotatable bonds is 6. The molecule has 1 atom stereocenters. The molecule has 24 heavy (non-hydrogen) atoms. The van der Waals surface area contributed by atoms with Crippen molar-refractivity contribution in [3.63, 3.8) is 0 Å². The molecule has 0 saturated heterocycles. The molecule has 3 rings (SSSR count). The van der Waals surface area contributed by atoms with Crippen LogP contribution in [-0.4, -0.2) is 25.0 Å². The molecule has 1 unspecified atom stereocenters. The van der Waals surface area contributed by atoms with E-state index in [2.05, 4.69) is 97.9 Å². The molecule has 0 heterocycles. The van der Waals surface area contributed by atoms with Crippen LogP contribution < -0.4 is 13.2 Å². The normalized spacial score (nSPS) is 12.8. The standard InChI is InChI=1S/C22H24GeO/c1-19(18-24)17-23(20-11-5-2-6-12-20,21-13-7-3-8-14-21)22-15-9-4-10-16-22/h2-16,19,24H,17-18H2,1H3. The first-order valence-corrected chi connectivity index (χ1v) is 13.2. The van der Waals surface area contributed by atoms with Crippen molar-refractivity contribution in [2.75, 3.05) is 6.61 Å². The van der Waals surface area contributed by atoms with Gasteiger partial charge in [-0.15, -0.1) is 0 Å². The summed E-state index contributed by atoms with van der Waals surface area (Å²) in [6.45, 7) is 2.40. The summed E-state index contributed by atoms with van der Waals surface area (Å²) in [6, 6.07) is 32.8. The van der Waals surface area contributed by atoms with Crippen LogP contribution in [0.5, 0.6) is 0 Å². The van der Waals surface area contributed by atoms with Crippen LogP contribution in [0.3, 0.4) is 0 Å². The van der Waals surface area contributed by atoms with E-state index in [9.17, 15) is 5.11 Å².